The quantitative estimate of drug-likeness (QED) is 0.185. The monoisotopic (exact) mass is 596 g/mol. The second-order valence-corrected chi connectivity index (χ2v) is 12.5. The Morgan fingerprint density at radius 3 is 1.34 bits per heavy atom. The highest BCUT2D eigenvalue weighted by molar-refractivity contribution is 5.97. The molecule has 0 radical (unpaired) electrons. The summed E-state index contributed by atoms with van der Waals surface area (Å²) < 4.78 is 0. The molecule has 0 aliphatic heterocycles. The van der Waals surface area contributed by atoms with Crippen LogP contribution in [0.5, 0.6) is 0 Å². The van der Waals surface area contributed by atoms with Crippen molar-refractivity contribution in [1.82, 2.24) is 0 Å². The second-order valence-electron chi connectivity index (χ2n) is 12.5. The molecule has 1 aliphatic rings. The van der Waals surface area contributed by atoms with Crippen LogP contribution in [0.25, 0.3) is 55.3 Å². The molecule has 220 valence electrons. The van der Waals surface area contributed by atoms with Gasteiger partial charge in [-0.15, -0.1) is 0 Å². The van der Waals surface area contributed by atoms with Crippen molar-refractivity contribution in [3.05, 3.63) is 216 Å². The first-order valence-electron chi connectivity index (χ1n) is 16.4. The van der Waals surface area contributed by atoms with Crippen LogP contribution >= 0.6 is 0 Å². The SMILES string of the molecule is c1ccc(-c2ccc3c(c2)C(c2ccccc2)(c2ccc(-c4cccc5ccccc45)cc2)c2cc(-c4ccccc4)ccc2-3)cc1. The summed E-state index contributed by atoms with van der Waals surface area (Å²) in [6.07, 6.45) is 0. The standard InChI is InChI=1S/C47H32/c1-4-13-33(14-5-1)37-25-29-43-44-30-26-38(34-15-6-2-7-16-34)32-46(44)47(45(43)31-37,39-19-8-3-9-20-39)40-27-23-36(24-28-40)42-22-12-18-35-17-10-11-21-41(35)42/h1-32H. The zero-order chi connectivity index (χ0) is 31.2. The van der Waals surface area contributed by atoms with Gasteiger partial charge in [0.05, 0.1) is 5.41 Å². The van der Waals surface area contributed by atoms with Crippen molar-refractivity contribution < 1.29 is 0 Å². The van der Waals surface area contributed by atoms with Gasteiger partial charge in [-0.1, -0.05) is 182 Å². The largest absolute Gasteiger partial charge is 0.0714 e. The van der Waals surface area contributed by atoms with Crippen molar-refractivity contribution in [2.75, 3.05) is 0 Å². The normalized spacial score (nSPS) is 12.9. The van der Waals surface area contributed by atoms with Gasteiger partial charge in [-0.3, -0.25) is 0 Å². The molecule has 0 bridgehead atoms. The maximum Gasteiger partial charge on any atom is 0.0714 e. The minimum Gasteiger partial charge on any atom is -0.0622 e. The van der Waals surface area contributed by atoms with Crippen LogP contribution in [0, 0.1) is 0 Å². The van der Waals surface area contributed by atoms with Crippen LogP contribution in [0.1, 0.15) is 22.3 Å². The molecular formula is C47H32. The summed E-state index contributed by atoms with van der Waals surface area (Å²) in [6, 6.07) is 71.4. The van der Waals surface area contributed by atoms with Crippen molar-refractivity contribution in [1.29, 1.82) is 0 Å². The smallest absolute Gasteiger partial charge is 0.0622 e. The third-order valence-electron chi connectivity index (χ3n) is 9.98. The first-order valence-corrected chi connectivity index (χ1v) is 16.4. The topological polar surface area (TPSA) is 0 Å². The van der Waals surface area contributed by atoms with Crippen LogP contribution in [0.2, 0.25) is 0 Å². The van der Waals surface area contributed by atoms with Crippen LogP contribution in [0.15, 0.2) is 194 Å². The van der Waals surface area contributed by atoms with Gasteiger partial charge >= 0.3 is 0 Å². The van der Waals surface area contributed by atoms with Crippen LogP contribution in [0.4, 0.5) is 0 Å². The highest BCUT2D eigenvalue weighted by Gasteiger charge is 2.46. The third-order valence-corrected chi connectivity index (χ3v) is 9.98. The molecule has 8 aromatic rings. The average molecular weight is 597 g/mol. The van der Waals surface area contributed by atoms with Gasteiger partial charge in [0.25, 0.3) is 0 Å². The Hall–Kier alpha value is -5.98. The number of rotatable bonds is 5. The predicted octanol–water partition coefficient (Wildman–Crippen LogP) is 12.2. The van der Waals surface area contributed by atoms with Crippen LogP contribution in [0.3, 0.4) is 0 Å². The minimum absolute atomic E-state index is 0.501. The molecule has 0 nitrogen and oxygen atoms in total. The highest BCUT2D eigenvalue weighted by atomic mass is 14.5. The summed E-state index contributed by atoms with van der Waals surface area (Å²) in [7, 11) is 0. The van der Waals surface area contributed by atoms with E-state index in [0.717, 1.165) is 0 Å². The molecule has 0 N–H and O–H groups in total. The Morgan fingerprint density at radius 2 is 0.745 bits per heavy atom. The molecular weight excluding hydrogens is 565 g/mol. The van der Waals surface area contributed by atoms with E-state index >= 15 is 0 Å². The molecule has 1 aliphatic carbocycles. The summed E-state index contributed by atoms with van der Waals surface area (Å²) >= 11 is 0. The molecule has 8 aromatic carbocycles. The van der Waals surface area contributed by atoms with Crippen LogP contribution in [-0.4, -0.2) is 0 Å². The van der Waals surface area contributed by atoms with Gasteiger partial charge in [0.15, 0.2) is 0 Å². The summed E-state index contributed by atoms with van der Waals surface area (Å²) in [6.45, 7) is 0. The molecule has 0 atom stereocenters. The molecule has 0 spiro atoms. The number of benzene rings is 8. The highest BCUT2D eigenvalue weighted by Crippen LogP contribution is 2.57. The molecule has 47 heavy (non-hydrogen) atoms. The molecule has 0 fully saturated rings. The van der Waals surface area contributed by atoms with E-state index in [4.69, 9.17) is 0 Å². The number of hydrogen-bond acceptors (Lipinski definition) is 0. The Balaban J connectivity index is 1.33. The average Bonchev–Trinajstić information content (AvgIpc) is 3.45. The van der Waals surface area contributed by atoms with Gasteiger partial charge in [0.1, 0.15) is 0 Å². The lowest BCUT2D eigenvalue weighted by Crippen LogP contribution is -2.28. The fraction of sp³-hybridized carbons (Fsp3) is 0.0213. The molecule has 0 heteroatoms. The van der Waals surface area contributed by atoms with Crippen LogP contribution < -0.4 is 0 Å². The van der Waals surface area contributed by atoms with E-state index in [9.17, 15) is 0 Å². The Bertz CT molecular complexity index is 2270. The predicted molar refractivity (Wildman–Crippen MR) is 198 cm³/mol. The molecule has 0 aromatic heterocycles. The Morgan fingerprint density at radius 1 is 0.277 bits per heavy atom. The summed E-state index contributed by atoms with van der Waals surface area (Å²) in [5, 5.41) is 2.53. The van der Waals surface area contributed by atoms with Crippen molar-refractivity contribution in [2.24, 2.45) is 0 Å². The third kappa shape index (κ3) is 4.37. The van der Waals surface area contributed by atoms with Crippen molar-refractivity contribution in [3.8, 4) is 44.5 Å². The van der Waals surface area contributed by atoms with Gasteiger partial charge < -0.3 is 0 Å². The van der Waals surface area contributed by atoms with Crippen molar-refractivity contribution in [3.63, 3.8) is 0 Å². The molecule has 0 saturated heterocycles. The van der Waals surface area contributed by atoms with E-state index in [0.29, 0.717) is 0 Å². The van der Waals surface area contributed by atoms with Crippen molar-refractivity contribution in [2.45, 2.75) is 5.41 Å². The van der Waals surface area contributed by atoms with E-state index in [1.54, 1.807) is 0 Å². The van der Waals surface area contributed by atoms with Gasteiger partial charge in [-0.2, -0.15) is 0 Å². The molecule has 0 heterocycles. The lowest BCUT2D eigenvalue weighted by Gasteiger charge is -2.34. The van der Waals surface area contributed by atoms with Gasteiger partial charge in [-0.05, 0) is 89.7 Å². The summed E-state index contributed by atoms with van der Waals surface area (Å²) in [5.41, 5.74) is 14.7. The number of hydrogen-bond donors (Lipinski definition) is 0. The zero-order valence-corrected chi connectivity index (χ0v) is 26.0. The van der Waals surface area contributed by atoms with E-state index < -0.39 is 5.41 Å². The van der Waals surface area contributed by atoms with Crippen LogP contribution in [-0.2, 0) is 5.41 Å². The van der Waals surface area contributed by atoms with Gasteiger partial charge in [0, 0.05) is 0 Å². The molecule has 0 amide bonds. The lowest BCUT2D eigenvalue weighted by molar-refractivity contribution is 0.769. The first-order chi connectivity index (χ1) is 23.3. The molecule has 9 rings (SSSR count). The van der Waals surface area contributed by atoms with E-state index in [-0.39, 0.29) is 0 Å². The fourth-order valence-corrected chi connectivity index (χ4v) is 7.80. The second kappa shape index (κ2) is 11.1. The van der Waals surface area contributed by atoms with Gasteiger partial charge in [-0.25, -0.2) is 0 Å². The zero-order valence-electron chi connectivity index (χ0n) is 26.0. The molecule has 0 saturated carbocycles. The first kappa shape index (κ1) is 27.3. The van der Waals surface area contributed by atoms with Crippen molar-refractivity contribution >= 4 is 10.8 Å². The van der Waals surface area contributed by atoms with E-state index in [1.165, 1.54) is 77.5 Å². The fourth-order valence-electron chi connectivity index (χ4n) is 7.80. The molecule has 0 unspecified atom stereocenters. The summed E-state index contributed by atoms with van der Waals surface area (Å²) in [4.78, 5) is 0. The van der Waals surface area contributed by atoms with E-state index in [2.05, 4.69) is 194 Å². The lowest BCUT2D eigenvalue weighted by atomic mass is 9.67. The number of fused-ring (bicyclic) bond motifs is 4. The minimum atomic E-state index is -0.501. The van der Waals surface area contributed by atoms with E-state index in [1.807, 2.05) is 0 Å². The van der Waals surface area contributed by atoms with Gasteiger partial charge in [0.2, 0.25) is 0 Å². The maximum absolute atomic E-state index is 2.44. The Kier molecular flexibility index (Phi) is 6.47. The maximum atomic E-state index is 2.44. The Labute approximate surface area is 276 Å². The summed E-state index contributed by atoms with van der Waals surface area (Å²) in [5.74, 6) is 0.